The van der Waals surface area contributed by atoms with Crippen LogP contribution >= 0.6 is 22.9 Å². The van der Waals surface area contributed by atoms with Gasteiger partial charge in [0.1, 0.15) is 10.4 Å². The third kappa shape index (κ3) is 4.81. The van der Waals surface area contributed by atoms with Gasteiger partial charge in [-0.3, -0.25) is 9.59 Å². The maximum atomic E-state index is 13.3. The summed E-state index contributed by atoms with van der Waals surface area (Å²) in [6, 6.07) is 7.14. The van der Waals surface area contributed by atoms with Crippen molar-refractivity contribution in [2.75, 3.05) is 5.32 Å². The predicted molar refractivity (Wildman–Crippen MR) is 116 cm³/mol. The zero-order valence-electron chi connectivity index (χ0n) is 16.4. The van der Waals surface area contributed by atoms with E-state index in [1.807, 2.05) is 24.3 Å². The molecule has 2 aliphatic rings. The number of carbonyl (C=O) groups excluding carboxylic acids is 2. The summed E-state index contributed by atoms with van der Waals surface area (Å²) < 4.78 is 0.529. The van der Waals surface area contributed by atoms with E-state index in [0.717, 1.165) is 18.4 Å². The number of fused-ring (bicyclic) bond motifs is 1. The Balaban J connectivity index is 1.55. The number of amides is 2. The standard InChI is InChI=1S/C22H26ClN3O2S/c23-19-13-24-22(29-19)25-20(27)18(12-15-8-4-2-1-3-5-9-15)26-14-16-10-6-7-11-17(16)21(26)28/h6-7,10-11,13,15,18H,1-5,8-9,12,14H2,(H,24,25,27). The van der Waals surface area contributed by atoms with Crippen LogP contribution in [0.25, 0.3) is 0 Å². The number of rotatable bonds is 5. The molecule has 1 saturated carbocycles. The number of nitrogens with one attached hydrogen (secondary N) is 1. The molecule has 1 N–H and O–H groups in total. The summed E-state index contributed by atoms with van der Waals surface area (Å²) in [4.78, 5) is 32.2. The van der Waals surface area contributed by atoms with Crippen LogP contribution in [0.3, 0.4) is 0 Å². The summed E-state index contributed by atoms with van der Waals surface area (Å²) in [6.07, 6.45) is 10.7. The highest BCUT2D eigenvalue weighted by atomic mass is 35.5. The lowest BCUT2D eigenvalue weighted by Crippen LogP contribution is -2.45. The van der Waals surface area contributed by atoms with Crippen molar-refractivity contribution in [1.82, 2.24) is 9.88 Å². The fraction of sp³-hybridized carbons (Fsp3) is 0.500. The van der Waals surface area contributed by atoms with Crippen LogP contribution in [0.2, 0.25) is 4.34 Å². The molecule has 2 aromatic rings. The molecule has 2 amide bonds. The van der Waals surface area contributed by atoms with Crippen LogP contribution in [0.4, 0.5) is 5.13 Å². The average molecular weight is 432 g/mol. The van der Waals surface area contributed by atoms with E-state index in [-0.39, 0.29) is 11.8 Å². The molecule has 0 saturated heterocycles. The van der Waals surface area contributed by atoms with Crippen LogP contribution in [0.1, 0.15) is 67.3 Å². The number of halogens is 1. The summed E-state index contributed by atoms with van der Waals surface area (Å²) in [5.41, 5.74) is 1.70. The molecule has 1 unspecified atom stereocenters. The number of hydrogen-bond acceptors (Lipinski definition) is 4. The number of hydrogen-bond donors (Lipinski definition) is 1. The first-order chi connectivity index (χ1) is 14.1. The minimum atomic E-state index is -0.498. The Labute approximate surface area is 180 Å². The van der Waals surface area contributed by atoms with Crippen molar-refractivity contribution in [3.63, 3.8) is 0 Å². The molecule has 29 heavy (non-hydrogen) atoms. The molecule has 1 atom stereocenters. The molecule has 0 spiro atoms. The number of carbonyl (C=O) groups is 2. The van der Waals surface area contributed by atoms with Crippen LogP contribution in [0.5, 0.6) is 0 Å². The fourth-order valence-electron chi connectivity index (χ4n) is 4.50. The second-order valence-corrected chi connectivity index (χ2v) is 9.67. The van der Waals surface area contributed by atoms with Crippen molar-refractivity contribution < 1.29 is 9.59 Å². The minimum Gasteiger partial charge on any atom is -0.322 e. The molecule has 1 aromatic carbocycles. The minimum absolute atomic E-state index is 0.0521. The van der Waals surface area contributed by atoms with Crippen molar-refractivity contribution in [2.24, 2.45) is 5.92 Å². The van der Waals surface area contributed by atoms with Gasteiger partial charge in [0.25, 0.3) is 5.91 Å². The van der Waals surface area contributed by atoms with Gasteiger partial charge in [-0.05, 0) is 24.0 Å². The van der Waals surface area contributed by atoms with Crippen LogP contribution in [0, 0.1) is 5.92 Å². The molecule has 1 aromatic heterocycles. The topological polar surface area (TPSA) is 62.3 Å². The number of nitrogens with zero attached hydrogens (tertiary/aromatic N) is 2. The third-order valence-electron chi connectivity index (χ3n) is 6.02. The Bertz CT molecular complexity index is 876. The van der Waals surface area contributed by atoms with E-state index in [9.17, 15) is 9.59 Å². The summed E-state index contributed by atoms with van der Waals surface area (Å²) in [5.74, 6) is 0.241. The zero-order chi connectivity index (χ0) is 20.2. The van der Waals surface area contributed by atoms with Gasteiger partial charge in [0.15, 0.2) is 5.13 Å². The average Bonchev–Trinajstić information content (AvgIpc) is 3.24. The normalized spacial score (nSPS) is 18.8. The second-order valence-electron chi connectivity index (χ2n) is 8.01. The van der Waals surface area contributed by atoms with Gasteiger partial charge in [-0.15, -0.1) is 0 Å². The Hall–Kier alpha value is -1.92. The largest absolute Gasteiger partial charge is 0.322 e. The van der Waals surface area contributed by atoms with E-state index >= 15 is 0 Å². The molecule has 0 radical (unpaired) electrons. The van der Waals surface area contributed by atoms with E-state index in [0.29, 0.717) is 33.9 Å². The monoisotopic (exact) mass is 431 g/mol. The lowest BCUT2D eigenvalue weighted by atomic mass is 9.86. The quantitative estimate of drug-likeness (QED) is 0.678. The number of thiazole rings is 1. The van der Waals surface area contributed by atoms with E-state index in [1.54, 1.807) is 4.90 Å². The lowest BCUT2D eigenvalue weighted by Gasteiger charge is -2.30. The Kier molecular flexibility index (Phi) is 6.50. The highest BCUT2D eigenvalue weighted by Gasteiger charge is 2.37. The van der Waals surface area contributed by atoms with Gasteiger partial charge in [0.05, 0.1) is 6.20 Å². The Morgan fingerprint density at radius 2 is 1.93 bits per heavy atom. The molecule has 154 valence electrons. The number of benzene rings is 1. The van der Waals surface area contributed by atoms with Crippen LogP contribution in [-0.2, 0) is 11.3 Å². The first kappa shape index (κ1) is 20.4. The van der Waals surface area contributed by atoms with Crippen molar-refractivity contribution in [1.29, 1.82) is 0 Å². The van der Waals surface area contributed by atoms with Crippen LogP contribution in [0.15, 0.2) is 30.5 Å². The molecule has 1 aliphatic heterocycles. The van der Waals surface area contributed by atoms with Crippen molar-refractivity contribution in [3.05, 3.63) is 45.9 Å². The fourth-order valence-corrected chi connectivity index (χ4v) is 5.31. The van der Waals surface area contributed by atoms with E-state index in [1.165, 1.54) is 49.6 Å². The van der Waals surface area contributed by atoms with E-state index in [2.05, 4.69) is 10.3 Å². The molecule has 4 rings (SSSR count). The van der Waals surface area contributed by atoms with Crippen LogP contribution < -0.4 is 5.32 Å². The van der Waals surface area contributed by atoms with Gasteiger partial charge in [-0.1, -0.05) is 86.1 Å². The predicted octanol–water partition coefficient (Wildman–Crippen LogP) is 5.51. The number of aromatic nitrogens is 1. The first-order valence-electron chi connectivity index (χ1n) is 10.4. The summed E-state index contributed by atoms with van der Waals surface area (Å²) in [5, 5.41) is 3.37. The molecule has 2 heterocycles. The molecule has 7 heteroatoms. The SMILES string of the molecule is O=C(Nc1ncc(Cl)s1)C(CC1CCCCCCC1)N1Cc2ccccc2C1=O. The Morgan fingerprint density at radius 3 is 2.62 bits per heavy atom. The summed E-state index contributed by atoms with van der Waals surface area (Å²) >= 11 is 7.20. The van der Waals surface area contributed by atoms with Crippen molar-refractivity contribution >= 4 is 39.9 Å². The maximum absolute atomic E-state index is 13.3. The van der Waals surface area contributed by atoms with Gasteiger partial charge < -0.3 is 10.2 Å². The van der Waals surface area contributed by atoms with Gasteiger partial charge in [-0.2, -0.15) is 0 Å². The summed E-state index contributed by atoms with van der Waals surface area (Å²) in [7, 11) is 0. The van der Waals surface area contributed by atoms with Gasteiger partial charge >= 0.3 is 0 Å². The molecule has 1 fully saturated rings. The molecule has 0 bridgehead atoms. The lowest BCUT2D eigenvalue weighted by molar-refractivity contribution is -0.121. The van der Waals surface area contributed by atoms with Crippen molar-refractivity contribution in [3.8, 4) is 0 Å². The summed E-state index contributed by atoms with van der Waals surface area (Å²) in [6.45, 7) is 0.485. The number of anilines is 1. The molecular formula is C22H26ClN3O2S. The molecule has 5 nitrogen and oxygen atoms in total. The zero-order valence-corrected chi connectivity index (χ0v) is 18.0. The van der Waals surface area contributed by atoms with Gasteiger partial charge in [0, 0.05) is 12.1 Å². The highest BCUT2D eigenvalue weighted by molar-refractivity contribution is 7.19. The van der Waals surface area contributed by atoms with Crippen LogP contribution in [-0.4, -0.2) is 27.7 Å². The highest BCUT2D eigenvalue weighted by Crippen LogP contribution is 2.32. The third-order valence-corrected chi connectivity index (χ3v) is 7.05. The maximum Gasteiger partial charge on any atom is 0.255 e. The van der Waals surface area contributed by atoms with E-state index < -0.39 is 6.04 Å². The van der Waals surface area contributed by atoms with Crippen molar-refractivity contribution in [2.45, 2.75) is 64.0 Å². The van der Waals surface area contributed by atoms with E-state index in [4.69, 9.17) is 11.6 Å². The smallest absolute Gasteiger partial charge is 0.255 e. The second kappa shape index (κ2) is 9.26. The molecule has 1 aliphatic carbocycles. The first-order valence-corrected chi connectivity index (χ1v) is 11.6. The Morgan fingerprint density at radius 1 is 1.21 bits per heavy atom. The van der Waals surface area contributed by atoms with Gasteiger partial charge in [-0.25, -0.2) is 4.98 Å². The molecular weight excluding hydrogens is 406 g/mol. The van der Waals surface area contributed by atoms with Gasteiger partial charge in [0.2, 0.25) is 5.91 Å².